The maximum atomic E-state index is 13.6. The number of aryl methyl sites for hydroxylation is 1. The molecule has 0 heterocycles. The van der Waals surface area contributed by atoms with Crippen LogP contribution >= 0.6 is 11.6 Å². The molecular weight excluding hydrogens is 289 g/mol. The van der Waals surface area contributed by atoms with Gasteiger partial charge < -0.3 is 10.4 Å². The van der Waals surface area contributed by atoms with Gasteiger partial charge in [0, 0.05) is 23.2 Å². The van der Waals surface area contributed by atoms with Crippen molar-refractivity contribution in [1.82, 2.24) is 5.32 Å². The molecule has 0 amide bonds. The van der Waals surface area contributed by atoms with Gasteiger partial charge in [0.2, 0.25) is 0 Å². The van der Waals surface area contributed by atoms with Gasteiger partial charge in [-0.1, -0.05) is 23.7 Å². The van der Waals surface area contributed by atoms with Gasteiger partial charge in [0.15, 0.2) is 0 Å². The molecule has 0 spiro atoms. The lowest BCUT2D eigenvalue weighted by atomic mass is 10.1. The first-order valence-corrected chi connectivity index (χ1v) is 7.37. The maximum absolute atomic E-state index is 13.6. The standard InChI is InChI=1S/C17H19ClFNO/c1-12(2-3-13-4-7-16(21)8-5-13)20-11-14-10-15(18)6-9-17(14)19/h4-10,12,20-21H,2-3,11H2,1H3. The summed E-state index contributed by atoms with van der Waals surface area (Å²) in [6.07, 6.45) is 1.85. The fourth-order valence-electron chi connectivity index (χ4n) is 2.11. The lowest BCUT2D eigenvalue weighted by molar-refractivity contribution is 0.474. The van der Waals surface area contributed by atoms with Crippen molar-refractivity contribution in [2.45, 2.75) is 32.4 Å². The van der Waals surface area contributed by atoms with E-state index in [9.17, 15) is 9.50 Å². The molecule has 2 aromatic rings. The lowest BCUT2D eigenvalue weighted by Crippen LogP contribution is -2.26. The van der Waals surface area contributed by atoms with Gasteiger partial charge in [0.05, 0.1) is 0 Å². The Morgan fingerprint density at radius 3 is 2.62 bits per heavy atom. The van der Waals surface area contributed by atoms with Crippen LogP contribution in [-0.2, 0) is 13.0 Å². The van der Waals surface area contributed by atoms with Gasteiger partial charge in [0.25, 0.3) is 0 Å². The van der Waals surface area contributed by atoms with Crippen molar-refractivity contribution >= 4 is 11.6 Å². The van der Waals surface area contributed by atoms with E-state index < -0.39 is 0 Å². The third-order valence-corrected chi connectivity index (χ3v) is 3.69. The number of hydrogen-bond acceptors (Lipinski definition) is 2. The van der Waals surface area contributed by atoms with Crippen LogP contribution < -0.4 is 5.32 Å². The molecule has 0 saturated heterocycles. The quantitative estimate of drug-likeness (QED) is 0.834. The first-order chi connectivity index (χ1) is 10.0. The topological polar surface area (TPSA) is 32.3 Å². The van der Waals surface area contributed by atoms with Gasteiger partial charge in [-0.3, -0.25) is 0 Å². The largest absolute Gasteiger partial charge is 0.508 e. The molecule has 0 fully saturated rings. The zero-order chi connectivity index (χ0) is 15.2. The molecule has 0 radical (unpaired) electrons. The van der Waals surface area contributed by atoms with Crippen LogP contribution in [0.15, 0.2) is 42.5 Å². The van der Waals surface area contributed by atoms with E-state index in [4.69, 9.17) is 11.6 Å². The van der Waals surface area contributed by atoms with E-state index in [0.29, 0.717) is 17.1 Å². The highest BCUT2D eigenvalue weighted by Crippen LogP contribution is 2.15. The normalized spacial score (nSPS) is 12.3. The Bertz CT molecular complexity index is 586. The zero-order valence-corrected chi connectivity index (χ0v) is 12.7. The molecule has 0 saturated carbocycles. The van der Waals surface area contributed by atoms with Crippen molar-refractivity contribution in [2.24, 2.45) is 0 Å². The lowest BCUT2D eigenvalue weighted by Gasteiger charge is -2.14. The third-order valence-electron chi connectivity index (χ3n) is 3.45. The van der Waals surface area contributed by atoms with Gasteiger partial charge in [0.1, 0.15) is 11.6 Å². The van der Waals surface area contributed by atoms with Crippen LogP contribution in [0.4, 0.5) is 4.39 Å². The highest BCUT2D eigenvalue weighted by atomic mass is 35.5. The van der Waals surface area contributed by atoms with Crippen LogP contribution in [0.1, 0.15) is 24.5 Å². The SMILES string of the molecule is CC(CCc1ccc(O)cc1)NCc1cc(Cl)ccc1F. The molecule has 0 aromatic heterocycles. The van der Waals surface area contributed by atoms with Crippen molar-refractivity contribution in [3.8, 4) is 5.75 Å². The fourth-order valence-corrected chi connectivity index (χ4v) is 2.31. The van der Waals surface area contributed by atoms with E-state index in [0.717, 1.165) is 12.8 Å². The second-order valence-corrected chi connectivity index (χ2v) is 5.66. The van der Waals surface area contributed by atoms with Gasteiger partial charge in [-0.05, 0) is 55.7 Å². The van der Waals surface area contributed by atoms with Crippen molar-refractivity contribution in [1.29, 1.82) is 0 Å². The molecule has 2 N–H and O–H groups in total. The maximum Gasteiger partial charge on any atom is 0.127 e. The van der Waals surface area contributed by atoms with Crippen molar-refractivity contribution < 1.29 is 9.50 Å². The molecule has 0 aliphatic rings. The van der Waals surface area contributed by atoms with Gasteiger partial charge in [-0.25, -0.2) is 4.39 Å². The molecule has 1 unspecified atom stereocenters. The summed E-state index contributed by atoms with van der Waals surface area (Å²) in [6, 6.07) is 12.1. The number of aromatic hydroxyl groups is 1. The molecule has 112 valence electrons. The van der Waals surface area contributed by atoms with Crippen molar-refractivity contribution in [2.75, 3.05) is 0 Å². The van der Waals surface area contributed by atoms with E-state index in [2.05, 4.69) is 12.2 Å². The van der Waals surface area contributed by atoms with Gasteiger partial charge in [-0.15, -0.1) is 0 Å². The van der Waals surface area contributed by atoms with Crippen molar-refractivity contribution in [3.05, 3.63) is 64.4 Å². The van der Waals surface area contributed by atoms with Crippen LogP contribution in [0.5, 0.6) is 5.75 Å². The minimum absolute atomic E-state index is 0.238. The average Bonchev–Trinajstić information content (AvgIpc) is 2.47. The Balaban J connectivity index is 1.80. The summed E-state index contributed by atoms with van der Waals surface area (Å²) in [7, 11) is 0. The number of phenolic OH excluding ortho intramolecular Hbond substituents is 1. The number of hydrogen-bond donors (Lipinski definition) is 2. The van der Waals surface area contributed by atoms with Crippen LogP contribution in [0.2, 0.25) is 5.02 Å². The summed E-state index contributed by atoms with van der Waals surface area (Å²) >= 11 is 5.87. The number of nitrogens with one attached hydrogen (secondary N) is 1. The molecule has 0 aliphatic heterocycles. The smallest absolute Gasteiger partial charge is 0.127 e. The van der Waals surface area contributed by atoms with Crippen LogP contribution in [-0.4, -0.2) is 11.1 Å². The van der Waals surface area contributed by atoms with E-state index in [-0.39, 0.29) is 17.6 Å². The Hall–Kier alpha value is -1.58. The molecular formula is C17H19ClFNO. The first kappa shape index (κ1) is 15.8. The fraction of sp³-hybridized carbons (Fsp3) is 0.294. The highest BCUT2D eigenvalue weighted by Gasteiger charge is 2.06. The molecule has 2 rings (SSSR count). The molecule has 4 heteroatoms. The summed E-state index contributed by atoms with van der Waals surface area (Å²) in [5.41, 5.74) is 1.76. The number of benzene rings is 2. The summed E-state index contributed by atoms with van der Waals surface area (Å²) in [5.74, 6) is 0.0407. The summed E-state index contributed by atoms with van der Waals surface area (Å²) in [6.45, 7) is 2.53. The van der Waals surface area contributed by atoms with E-state index in [1.54, 1.807) is 24.3 Å². The Labute approximate surface area is 129 Å². The Morgan fingerprint density at radius 2 is 1.90 bits per heavy atom. The number of phenols is 1. The Kier molecular flexibility index (Phi) is 5.59. The predicted octanol–water partition coefficient (Wildman–Crippen LogP) is 4.30. The minimum atomic E-state index is -0.238. The van der Waals surface area contributed by atoms with E-state index >= 15 is 0 Å². The van der Waals surface area contributed by atoms with Gasteiger partial charge >= 0.3 is 0 Å². The molecule has 2 nitrogen and oxygen atoms in total. The van der Waals surface area contributed by atoms with Gasteiger partial charge in [-0.2, -0.15) is 0 Å². The monoisotopic (exact) mass is 307 g/mol. The second kappa shape index (κ2) is 7.43. The van der Waals surface area contributed by atoms with Crippen LogP contribution in [0.3, 0.4) is 0 Å². The summed E-state index contributed by atoms with van der Waals surface area (Å²) in [4.78, 5) is 0. The average molecular weight is 308 g/mol. The molecule has 0 bridgehead atoms. The molecule has 1 atom stereocenters. The first-order valence-electron chi connectivity index (χ1n) is 7.00. The second-order valence-electron chi connectivity index (χ2n) is 5.22. The highest BCUT2D eigenvalue weighted by molar-refractivity contribution is 6.30. The summed E-state index contributed by atoms with van der Waals surface area (Å²) < 4.78 is 13.6. The third kappa shape index (κ3) is 5.03. The Morgan fingerprint density at radius 1 is 1.19 bits per heavy atom. The predicted molar refractivity (Wildman–Crippen MR) is 84.1 cm³/mol. The number of halogens is 2. The van der Waals surface area contributed by atoms with E-state index in [1.165, 1.54) is 11.6 Å². The van der Waals surface area contributed by atoms with Crippen LogP contribution in [0.25, 0.3) is 0 Å². The molecule has 0 aliphatic carbocycles. The molecule has 21 heavy (non-hydrogen) atoms. The number of rotatable bonds is 6. The van der Waals surface area contributed by atoms with Crippen LogP contribution in [0, 0.1) is 5.82 Å². The summed E-state index contributed by atoms with van der Waals surface area (Å²) in [5, 5.41) is 13.1. The van der Waals surface area contributed by atoms with E-state index in [1.807, 2.05) is 12.1 Å². The minimum Gasteiger partial charge on any atom is -0.508 e. The zero-order valence-electron chi connectivity index (χ0n) is 11.9. The van der Waals surface area contributed by atoms with Crippen molar-refractivity contribution in [3.63, 3.8) is 0 Å². The molecule has 2 aromatic carbocycles.